The predicted octanol–water partition coefficient (Wildman–Crippen LogP) is 0.930. The standard InChI is InChI=1S/C17H30N4O3/c1-12(2)7-10-21-16(24)20-9-8-13(5-6-14(20)19-21)18-15(23)17(3,4)11-22/h12-13,22H,5-11H2,1-4H3,(H,18,23). The van der Waals surface area contributed by atoms with Crippen LogP contribution in [-0.2, 0) is 24.3 Å². The molecule has 1 unspecified atom stereocenters. The van der Waals surface area contributed by atoms with E-state index in [2.05, 4.69) is 24.3 Å². The van der Waals surface area contributed by atoms with Crippen LogP contribution in [0.25, 0.3) is 0 Å². The van der Waals surface area contributed by atoms with E-state index in [1.165, 1.54) is 0 Å². The van der Waals surface area contributed by atoms with Crippen molar-refractivity contribution in [3.8, 4) is 0 Å². The molecule has 7 nitrogen and oxygen atoms in total. The Kier molecular flexibility index (Phi) is 5.85. The van der Waals surface area contributed by atoms with E-state index in [1.807, 2.05) is 0 Å². The van der Waals surface area contributed by atoms with E-state index in [4.69, 9.17) is 0 Å². The smallest absolute Gasteiger partial charge is 0.345 e. The number of nitrogens with zero attached hydrogens (tertiary/aromatic N) is 3. The number of hydrogen-bond donors (Lipinski definition) is 2. The summed E-state index contributed by atoms with van der Waals surface area (Å²) in [6.07, 6.45) is 3.07. The van der Waals surface area contributed by atoms with Crippen LogP contribution < -0.4 is 11.0 Å². The summed E-state index contributed by atoms with van der Waals surface area (Å²) in [7, 11) is 0. The maximum absolute atomic E-state index is 12.5. The Labute approximate surface area is 143 Å². The van der Waals surface area contributed by atoms with Gasteiger partial charge in [-0.3, -0.25) is 9.36 Å². The second-order valence-corrected chi connectivity index (χ2v) is 7.80. The summed E-state index contributed by atoms with van der Waals surface area (Å²) in [6.45, 7) is 8.74. The third-order valence-corrected chi connectivity index (χ3v) is 4.68. The molecule has 0 saturated heterocycles. The Morgan fingerprint density at radius 3 is 2.75 bits per heavy atom. The highest BCUT2D eigenvalue weighted by Crippen LogP contribution is 2.17. The number of carbonyl (C=O) groups is 1. The van der Waals surface area contributed by atoms with Gasteiger partial charge in [-0.05, 0) is 39.0 Å². The summed E-state index contributed by atoms with van der Waals surface area (Å²) in [5.74, 6) is 1.19. The first kappa shape index (κ1) is 18.7. The minimum absolute atomic E-state index is 0.00791. The molecule has 0 bridgehead atoms. The number of rotatable bonds is 6. The summed E-state index contributed by atoms with van der Waals surface area (Å²) in [4.78, 5) is 24.7. The Bertz CT molecular complexity index is 630. The molecule has 1 aliphatic rings. The van der Waals surface area contributed by atoms with Crippen LogP contribution in [0.4, 0.5) is 0 Å². The molecule has 1 atom stereocenters. The van der Waals surface area contributed by atoms with Gasteiger partial charge in [0.1, 0.15) is 5.82 Å². The first-order chi connectivity index (χ1) is 11.2. The second kappa shape index (κ2) is 7.51. The molecule has 1 aromatic rings. The maximum Gasteiger partial charge on any atom is 0.345 e. The van der Waals surface area contributed by atoms with E-state index >= 15 is 0 Å². The van der Waals surface area contributed by atoms with Crippen molar-refractivity contribution in [2.75, 3.05) is 6.61 Å². The number of aliphatic hydroxyl groups excluding tert-OH is 1. The van der Waals surface area contributed by atoms with Crippen LogP contribution in [0, 0.1) is 11.3 Å². The molecule has 0 spiro atoms. The van der Waals surface area contributed by atoms with Gasteiger partial charge in [-0.1, -0.05) is 13.8 Å². The van der Waals surface area contributed by atoms with Crippen molar-refractivity contribution < 1.29 is 9.90 Å². The van der Waals surface area contributed by atoms with Crippen LogP contribution in [0.5, 0.6) is 0 Å². The third kappa shape index (κ3) is 4.26. The fourth-order valence-corrected chi connectivity index (χ4v) is 2.75. The molecule has 0 radical (unpaired) electrons. The SMILES string of the molecule is CC(C)CCn1nc2n(c1=O)CCC(NC(=O)C(C)(C)CO)CC2. The highest BCUT2D eigenvalue weighted by molar-refractivity contribution is 5.82. The lowest BCUT2D eigenvalue weighted by atomic mass is 9.93. The fraction of sp³-hybridized carbons (Fsp3) is 0.824. The number of aliphatic hydroxyl groups is 1. The summed E-state index contributed by atoms with van der Waals surface area (Å²) in [6, 6.07) is 0.00791. The Hall–Kier alpha value is -1.63. The molecule has 2 rings (SSSR count). The molecule has 0 fully saturated rings. The van der Waals surface area contributed by atoms with Crippen molar-refractivity contribution in [1.82, 2.24) is 19.7 Å². The van der Waals surface area contributed by atoms with Crippen molar-refractivity contribution in [2.45, 2.75) is 72.5 Å². The van der Waals surface area contributed by atoms with Gasteiger partial charge in [-0.2, -0.15) is 5.10 Å². The van der Waals surface area contributed by atoms with Gasteiger partial charge in [0.15, 0.2) is 0 Å². The molecule has 1 amide bonds. The number of fused-ring (bicyclic) bond motifs is 1. The molecule has 0 saturated carbocycles. The zero-order chi connectivity index (χ0) is 17.9. The number of nitrogens with one attached hydrogen (secondary N) is 1. The molecule has 2 heterocycles. The molecule has 24 heavy (non-hydrogen) atoms. The van der Waals surface area contributed by atoms with Gasteiger partial charge in [-0.15, -0.1) is 0 Å². The Morgan fingerprint density at radius 1 is 1.42 bits per heavy atom. The van der Waals surface area contributed by atoms with Crippen molar-refractivity contribution in [3.05, 3.63) is 16.3 Å². The largest absolute Gasteiger partial charge is 0.395 e. The summed E-state index contributed by atoms with van der Waals surface area (Å²) >= 11 is 0. The van der Waals surface area contributed by atoms with Crippen LogP contribution >= 0.6 is 0 Å². The minimum atomic E-state index is -0.788. The predicted molar refractivity (Wildman–Crippen MR) is 91.7 cm³/mol. The molecular weight excluding hydrogens is 308 g/mol. The van der Waals surface area contributed by atoms with E-state index in [0.29, 0.717) is 31.8 Å². The number of hydrogen-bond acceptors (Lipinski definition) is 4. The number of amides is 1. The average molecular weight is 338 g/mol. The second-order valence-electron chi connectivity index (χ2n) is 7.80. The van der Waals surface area contributed by atoms with Crippen molar-refractivity contribution >= 4 is 5.91 Å². The zero-order valence-electron chi connectivity index (χ0n) is 15.2. The lowest BCUT2D eigenvalue weighted by molar-refractivity contribution is -0.132. The number of aromatic nitrogens is 3. The van der Waals surface area contributed by atoms with Crippen LogP contribution in [0.15, 0.2) is 4.79 Å². The Balaban J connectivity index is 2.01. The maximum atomic E-state index is 12.5. The van der Waals surface area contributed by atoms with Gasteiger partial charge in [0.05, 0.1) is 12.0 Å². The van der Waals surface area contributed by atoms with Crippen LogP contribution in [-0.4, -0.2) is 38.0 Å². The molecule has 136 valence electrons. The van der Waals surface area contributed by atoms with Gasteiger partial charge in [0.25, 0.3) is 0 Å². The quantitative estimate of drug-likeness (QED) is 0.807. The molecular formula is C17H30N4O3. The first-order valence-corrected chi connectivity index (χ1v) is 8.83. The van der Waals surface area contributed by atoms with Gasteiger partial charge in [0.2, 0.25) is 5.91 Å². The van der Waals surface area contributed by atoms with E-state index in [9.17, 15) is 14.7 Å². The lowest BCUT2D eigenvalue weighted by Gasteiger charge is -2.25. The van der Waals surface area contributed by atoms with E-state index in [0.717, 1.165) is 18.7 Å². The fourth-order valence-electron chi connectivity index (χ4n) is 2.75. The van der Waals surface area contributed by atoms with Crippen molar-refractivity contribution in [2.24, 2.45) is 11.3 Å². The monoisotopic (exact) mass is 338 g/mol. The summed E-state index contributed by atoms with van der Waals surface area (Å²) < 4.78 is 3.31. The van der Waals surface area contributed by atoms with Crippen molar-refractivity contribution in [3.63, 3.8) is 0 Å². The summed E-state index contributed by atoms with van der Waals surface area (Å²) in [5, 5.41) is 16.8. The van der Waals surface area contributed by atoms with Crippen molar-refractivity contribution in [1.29, 1.82) is 0 Å². The highest BCUT2D eigenvalue weighted by Gasteiger charge is 2.29. The molecule has 0 aliphatic carbocycles. The van der Waals surface area contributed by atoms with Gasteiger partial charge in [0, 0.05) is 25.6 Å². The normalized spacial score (nSPS) is 18.3. The molecule has 2 N–H and O–H groups in total. The highest BCUT2D eigenvalue weighted by atomic mass is 16.3. The van der Waals surface area contributed by atoms with Gasteiger partial charge in [-0.25, -0.2) is 9.48 Å². The summed E-state index contributed by atoms with van der Waals surface area (Å²) in [5.41, 5.74) is -0.836. The lowest BCUT2D eigenvalue weighted by Crippen LogP contribution is -2.44. The Morgan fingerprint density at radius 2 is 2.12 bits per heavy atom. The first-order valence-electron chi connectivity index (χ1n) is 8.83. The zero-order valence-corrected chi connectivity index (χ0v) is 15.2. The van der Waals surface area contributed by atoms with Crippen LogP contribution in [0.3, 0.4) is 0 Å². The van der Waals surface area contributed by atoms with E-state index in [-0.39, 0.29) is 24.2 Å². The van der Waals surface area contributed by atoms with E-state index in [1.54, 1.807) is 23.1 Å². The van der Waals surface area contributed by atoms with Crippen LogP contribution in [0.2, 0.25) is 0 Å². The molecule has 0 aromatic carbocycles. The topological polar surface area (TPSA) is 89.2 Å². The average Bonchev–Trinajstić information content (AvgIpc) is 2.69. The molecule has 1 aliphatic heterocycles. The van der Waals surface area contributed by atoms with Crippen LogP contribution in [0.1, 0.15) is 52.8 Å². The van der Waals surface area contributed by atoms with E-state index < -0.39 is 5.41 Å². The van der Waals surface area contributed by atoms with Gasteiger partial charge >= 0.3 is 5.69 Å². The third-order valence-electron chi connectivity index (χ3n) is 4.68. The molecule has 1 aromatic heterocycles. The molecule has 7 heteroatoms. The number of carbonyl (C=O) groups excluding carboxylic acids is 1. The van der Waals surface area contributed by atoms with Gasteiger partial charge < -0.3 is 10.4 Å². The number of aryl methyl sites for hydroxylation is 2. The minimum Gasteiger partial charge on any atom is -0.395 e.